The molecular formula is C24H32N8O2S. The van der Waals surface area contributed by atoms with Gasteiger partial charge in [-0.25, -0.2) is 14.5 Å². The fraction of sp³-hybridized carbons (Fsp3) is 0.500. The van der Waals surface area contributed by atoms with Gasteiger partial charge in [-0.05, 0) is 18.9 Å². The van der Waals surface area contributed by atoms with Gasteiger partial charge >= 0.3 is 0 Å². The van der Waals surface area contributed by atoms with Gasteiger partial charge in [0.25, 0.3) is 0 Å². The summed E-state index contributed by atoms with van der Waals surface area (Å²) >= 11 is 1.74. The van der Waals surface area contributed by atoms with Gasteiger partial charge in [0, 0.05) is 57.2 Å². The summed E-state index contributed by atoms with van der Waals surface area (Å²) in [4.78, 5) is 14.2. The minimum atomic E-state index is 0.244. The van der Waals surface area contributed by atoms with Crippen molar-refractivity contribution in [2.45, 2.75) is 26.7 Å². The number of fused-ring (bicyclic) bond motifs is 1. The lowest BCUT2D eigenvalue weighted by atomic mass is 9.97. The number of aromatic nitrogens is 6. The van der Waals surface area contributed by atoms with Gasteiger partial charge in [-0.2, -0.15) is 10.2 Å². The van der Waals surface area contributed by atoms with E-state index in [1.54, 1.807) is 30.1 Å². The molecule has 35 heavy (non-hydrogen) atoms. The average molecular weight is 497 g/mol. The molecule has 5 heterocycles. The number of pyridine rings is 1. The van der Waals surface area contributed by atoms with Crippen molar-refractivity contribution < 1.29 is 9.47 Å². The van der Waals surface area contributed by atoms with Crippen LogP contribution in [-0.4, -0.2) is 88.2 Å². The summed E-state index contributed by atoms with van der Waals surface area (Å²) in [7, 11) is 3.40. The number of piperazine rings is 1. The van der Waals surface area contributed by atoms with E-state index in [0.29, 0.717) is 11.4 Å². The molecule has 0 aliphatic carbocycles. The van der Waals surface area contributed by atoms with Crippen LogP contribution in [0.4, 0.5) is 5.00 Å². The number of hydrogen-bond acceptors (Lipinski definition) is 9. The number of thiazole rings is 1. The quantitative estimate of drug-likeness (QED) is 0.396. The Hall–Kier alpha value is -3.02. The molecule has 1 saturated heterocycles. The summed E-state index contributed by atoms with van der Waals surface area (Å²) in [6, 6.07) is 1.97. The predicted molar refractivity (Wildman–Crippen MR) is 138 cm³/mol. The van der Waals surface area contributed by atoms with Gasteiger partial charge < -0.3 is 14.4 Å². The van der Waals surface area contributed by atoms with Crippen LogP contribution in [0.3, 0.4) is 0 Å². The smallest absolute Gasteiger partial charge is 0.197 e. The van der Waals surface area contributed by atoms with E-state index in [0.717, 1.165) is 72.5 Å². The third-order valence-corrected chi connectivity index (χ3v) is 7.71. The monoisotopic (exact) mass is 496 g/mol. The molecule has 11 heteroatoms. The molecule has 4 aromatic rings. The average Bonchev–Trinajstić information content (AvgIpc) is 3.60. The van der Waals surface area contributed by atoms with E-state index in [2.05, 4.69) is 45.8 Å². The highest BCUT2D eigenvalue weighted by Gasteiger charge is 2.26. The highest BCUT2D eigenvalue weighted by atomic mass is 32.1. The van der Waals surface area contributed by atoms with Gasteiger partial charge in [-0.15, -0.1) is 0 Å². The fourth-order valence-electron chi connectivity index (χ4n) is 4.65. The molecule has 186 valence electrons. The number of anilines is 1. The van der Waals surface area contributed by atoms with Crippen LogP contribution in [0.15, 0.2) is 18.6 Å². The number of ether oxygens (including phenoxy) is 2. The van der Waals surface area contributed by atoms with Gasteiger partial charge in [0.2, 0.25) is 0 Å². The molecule has 4 aromatic heterocycles. The minimum absolute atomic E-state index is 0.244. The number of hydrogen-bond donors (Lipinski definition) is 1. The fourth-order valence-corrected chi connectivity index (χ4v) is 5.78. The lowest BCUT2D eigenvalue weighted by molar-refractivity contribution is 0.144. The Bertz CT molecular complexity index is 1300. The summed E-state index contributed by atoms with van der Waals surface area (Å²) in [6.45, 7) is 12.3. The summed E-state index contributed by atoms with van der Waals surface area (Å²) in [5.41, 5.74) is 5.66. The number of nitrogens with zero attached hydrogens (tertiary/aromatic N) is 7. The Kier molecular flexibility index (Phi) is 6.72. The van der Waals surface area contributed by atoms with Crippen LogP contribution in [0.5, 0.6) is 5.75 Å². The molecule has 0 saturated carbocycles. The van der Waals surface area contributed by atoms with Crippen LogP contribution < -0.4 is 9.64 Å². The topological polar surface area (TPSA) is 96.7 Å². The van der Waals surface area contributed by atoms with E-state index in [9.17, 15) is 0 Å². The molecule has 0 amide bonds. The highest BCUT2D eigenvalue weighted by molar-refractivity contribution is 7.19. The zero-order valence-electron chi connectivity index (χ0n) is 20.9. The molecule has 1 N–H and O–H groups in total. The summed E-state index contributed by atoms with van der Waals surface area (Å²) in [6.07, 6.45) is 3.47. The van der Waals surface area contributed by atoms with E-state index < -0.39 is 0 Å². The summed E-state index contributed by atoms with van der Waals surface area (Å²) in [5, 5.41) is 14.5. The number of aryl methyl sites for hydroxylation is 1. The highest BCUT2D eigenvalue weighted by Crippen LogP contribution is 2.41. The van der Waals surface area contributed by atoms with Crippen molar-refractivity contribution in [1.82, 2.24) is 34.7 Å². The standard InChI is InChI=1S/C24H32N8O2S/c1-15(2)19-20(17-12-18(34-5)22-25-14-26-32(22)13-17)28-29-21(19)23-27-16(3)24(35-23)31-8-6-30(7-9-31)10-11-33-4/h12-15H,6-11H2,1-5H3,(H,28,29). The van der Waals surface area contributed by atoms with Gasteiger partial charge in [0.15, 0.2) is 11.4 Å². The van der Waals surface area contributed by atoms with Crippen LogP contribution in [0.1, 0.15) is 31.0 Å². The molecular weight excluding hydrogens is 464 g/mol. The van der Waals surface area contributed by atoms with Gasteiger partial charge in [0.05, 0.1) is 30.8 Å². The molecule has 1 aliphatic rings. The first kappa shape index (κ1) is 23.7. The van der Waals surface area contributed by atoms with Crippen molar-refractivity contribution in [2.24, 2.45) is 0 Å². The Balaban J connectivity index is 1.46. The van der Waals surface area contributed by atoms with Crippen LogP contribution in [0, 0.1) is 6.92 Å². The molecule has 0 aromatic carbocycles. The Morgan fingerprint density at radius 3 is 2.69 bits per heavy atom. The predicted octanol–water partition coefficient (Wildman–Crippen LogP) is 3.45. The Morgan fingerprint density at radius 2 is 1.97 bits per heavy atom. The van der Waals surface area contributed by atoms with Crippen LogP contribution in [0.2, 0.25) is 0 Å². The minimum Gasteiger partial charge on any atom is -0.493 e. The first-order valence-corrected chi connectivity index (χ1v) is 12.7. The van der Waals surface area contributed by atoms with Crippen molar-refractivity contribution in [2.75, 3.05) is 58.5 Å². The number of aromatic amines is 1. The van der Waals surface area contributed by atoms with Gasteiger partial charge in [0.1, 0.15) is 16.3 Å². The number of nitrogens with one attached hydrogen (secondary N) is 1. The number of H-pyrrole nitrogens is 1. The van der Waals surface area contributed by atoms with Crippen molar-refractivity contribution in [3.05, 3.63) is 29.8 Å². The maximum Gasteiger partial charge on any atom is 0.197 e. The van der Waals surface area contributed by atoms with Crippen LogP contribution >= 0.6 is 11.3 Å². The van der Waals surface area contributed by atoms with Crippen LogP contribution in [-0.2, 0) is 4.74 Å². The third kappa shape index (κ3) is 4.51. The molecule has 0 radical (unpaired) electrons. The van der Waals surface area contributed by atoms with Crippen LogP contribution in [0.25, 0.3) is 27.6 Å². The van der Waals surface area contributed by atoms with Crippen molar-refractivity contribution >= 4 is 22.0 Å². The Morgan fingerprint density at radius 1 is 1.17 bits per heavy atom. The van der Waals surface area contributed by atoms with Crippen molar-refractivity contribution in [3.63, 3.8) is 0 Å². The summed E-state index contributed by atoms with van der Waals surface area (Å²) in [5.74, 6) is 0.907. The largest absolute Gasteiger partial charge is 0.493 e. The second-order valence-electron chi connectivity index (χ2n) is 9.07. The molecule has 1 aliphatic heterocycles. The first-order valence-electron chi connectivity index (χ1n) is 11.9. The van der Waals surface area contributed by atoms with E-state index >= 15 is 0 Å². The number of methoxy groups -OCH3 is 2. The SMILES string of the molecule is COCCN1CCN(c2sc(-c3[nH]nc(-c4cc(OC)c5ncnn5c4)c3C(C)C)nc2C)CC1. The molecule has 10 nitrogen and oxygen atoms in total. The van der Waals surface area contributed by atoms with Gasteiger partial charge in [-0.3, -0.25) is 10.00 Å². The molecule has 0 spiro atoms. The second-order valence-corrected chi connectivity index (χ2v) is 10.0. The van der Waals surface area contributed by atoms with Crippen molar-refractivity contribution in [1.29, 1.82) is 0 Å². The Labute approximate surface area is 208 Å². The van der Waals surface area contributed by atoms with E-state index in [4.69, 9.17) is 19.6 Å². The van der Waals surface area contributed by atoms with Gasteiger partial charge in [-0.1, -0.05) is 25.2 Å². The van der Waals surface area contributed by atoms with E-state index in [1.807, 2.05) is 12.3 Å². The molecule has 0 atom stereocenters. The molecule has 1 fully saturated rings. The lowest BCUT2D eigenvalue weighted by Crippen LogP contribution is -2.47. The maximum atomic E-state index is 5.57. The van der Waals surface area contributed by atoms with E-state index in [1.165, 1.54) is 11.3 Å². The zero-order chi connectivity index (χ0) is 24.5. The second kappa shape index (κ2) is 9.92. The zero-order valence-corrected chi connectivity index (χ0v) is 21.7. The maximum absolute atomic E-state index is 5.57. The third-order valence-electron chi connectivity index (χ3n) is 6.47. The molecule has 0 unspecified atom stereocenters. The van der Waals surface area contributed by atoms with E-state index in [-0.39, 0.29) is 5.92 Å². The molecule has 5 rings (SSSR count). The first-order chi connectivity index (χ1) is 17.0. The summed E-state index contributed by atoms with van der Waals surface area (Å²) < 4.78 is 12.5. The lowest BCUT2D eigenvalue weighted by Gasteiger charge is -2.35. The van der Waals surface area contributed by atoms with Crippen molar-refractivity contribution in [3.8, 4) is 27.7 Å². The molecule has 0 bridgehead atoms. The normalized spacial score (nSPS) is 15.0. The number of rotatable bonds is 8.